The summed E-state index contributed by atoms with van der Waals surface area (Å²) in [5.74, 6) is -5.82. The molecule has 10 heteroatoms. The van der Waals surface area contributed by atoms with Crippen LogP contribution in [0.2, 0.25) is 0 Å². The lowest BCUT2D eigenvalue weighted by atomic mass is 9.80. The number of aliphatic carboxylic acids is 2. The fraction of sp³-hybridized carbons (Fsp3) is 0.125. The first-order chi connectivity index (χ1) is 12.0. The summed E-state index contributed by atoms with van der Waals surface area (Å²) in [4.78, 5) is 45.6. The van der Waals surface area contributed by atoms with Crippen LogP contribution in [0.5, 0.6) is 0 Å². The lowest BCUT2D eigenvalue weighted by molar-refractivity contribution is -0.135. The van der Waals surface area contributed by atoms with Crippen LogP contribution in [0.4, 0.5) is 0 Å². The summed E-state index contributed by atoms with van der Waals surface area (Å²) in [6.07, 6.45) is 0.273. The van der Waals surface area contributed by atoms with Gasteiger partial charge in [0.1, 0.15) is 5.66 Å². The molecule has 0 saturated carbocycles. The Morgan fingerprint density at radius 1 is 0.885 bits per heavy atom. The van der Waals surface area contributed by atoms with Crippen molar-refractivity contribution >= 4 is 29.5 Å². The summed E-state index contributed by atoms with van der Waals surface area (Å²) in [6.45, 7) is 0. The second-order valence-corrected chi connectivity index (χ2v) is 5.65. The minimum atomic E-state index is -1.99. The zero-order valence-electron chi connectivity index (χ0n) is 13.1. The monoisotopic (exact) mass is 362 g/mol. The van der Waals surface area contributed by atoms with E-state index >= 15 is 0 Å². The van der Waals surface area contributed by atoms with Crippen molar-refractivity contribution in [2.24, 2.45) is 11.5 Å². The number of carboxylic acid groups (broad SMARTS) is 4. The highest BCUT2D eigenvalue weighted by Crippen LogP contribution is 2.35. The fourth-order valence-corrected chi connectivity index (χ4v) is 2.63. The van der Waals surface area contributed by atoms with Crippen LogP contribution in [-0.4, -0.2) is 50.0 Å². The number of benzene rings is 1. The topological polar surface area (TPSA) is 201 Å². The molecule has 1 aliphatic carbocycles. The summed E-state index contributed by atoms with van der Waals surface area (Å²) in [5, 5.41) is 37.1. The Hall–Kier alpha value is -3.50. The van der Waals surface area contributed by atoms with Crippen molar-refractivity contribution in [2.45, 2.75) is 12.1 Å². The van der Waals surface area contributed by atoms with E-state index in [4.69, 9.17) is 16.6 Å². The maximum Gasteiger partial charge on any atom is 0.336 e. The highest BCUT2D eigenvalue weighted by atomic mass is 16.4. The molecule has 0 fully saturated rings. The first-order valence-electron chi connectivity index (χ1n) is 7.06. The van der Waals surface area contributed by atoms with E-state index in [1.165, 1.54) is 0 Å². The van der Waals surface area contributed by atoms with Crippen LogP contribution in [0.3, 0.4) is 0 Å². The number of carboxylic acids is 4. The quantitative estimate of drug-likeness (QED) is 0.385. The molecule has 0 spiro atoms. The molecule has 0 aromatic heterocycles. The fourth-order valence-electron chi connectivity index (χ4n) is 2.63. The number of rotatable bonds is 5. The Morgan fingerprint density at radius 3 is 1.96 bits per heavy atom. The molecule has 0 radical (unpaired) electrons. The van der Waals surface area contributed by atoms with Gasteiger partial charge in [0.15, 0.2) is 0 Å². The van der Waals surface area contributed by atoms with Crippen LogP contribution >= 0.6 is 0 Å². The average molecular weight is 362 g/mol. The summed E-state index contributed by atoms with van der Waals surface area (Å²) >= 11 is 0. The number of aromatic carboxylic acids is 2. The van der Waals surface area contributed by atoms with Gasteiger partial charge in [-0.05, 0) is 35.4 Å². The van der Waals surface area contributed by atoms with Crippen molar-refractivity contribution in [3.05, 3.63) is 52.1 Å². The van der Waals surface area contributed by atoms with E-state index in [9.17, 15) is 34.5 Å². The van der Waals surface area contributed by atoms with Gasteiger partial charge in [-0.2, -0.15) is 0 Å². The zero-order valence-corrected chi connectivity index (χ0v) is 13.1. The number of nitrogens with two attached hydrogens (primary N) is 2. The van der Waals surface area contributed by atoms with Crippen LogP contribution < -0.4 is 11.5 Å². The standard InChI is InChI=1S/C16H14N2O8/c17-16(18)5-10(14(23)24)9(4-11(16)15(25)26)8-3-6(12(19)20)1-2-7(8)13(21)22/h1-4H,5,17-18H2,(H,19,20)(H,21,22)(H,23,24)(H,25,26). The van der Waals surface area contributed by atoms with Gasteiger partial charge in [0, 0.05) is 12.0 Å². The molecule has 0 aliphatic heterocycles. The predicted octanol–water partition coefficient (Wildman–Crippen LogP) is -0.0504. The molecule has 2 rings (SSSR count). The molecule has 1 aromatic rings. The summed E-state index contributed by atoms with van der Waals surface area (Å²) in [7, 11) is 0. The molecule has 10 nitrogen and oxygen atoms in total. The maximum atomic E-state index is 11.6. The predicted molar refractivity (Wildman–Crippen MR) is 86.4 cm³/mol. The Morgan fingerprint density at radius 2 is 1.50 bits per heavy atom. The Balaban J connectivity index is 2.88. The molecular weight excluding hydrogens is 348 g/mol. The van der Waals surface area contributed by atoms with E-state index in [1.54, 1.807) is 0 Å². The lowest BCUT2D eigenvalue weighted by Crippen LogP contribution is -2.54. The minimum Gasteiger partial charge on any atom is -0.478 e. The van der Waals surface area contributed by atoms with E-state index in [2.05, 4.69) is 0 Å². The van der Waals surface area contributed by atoms with Gasteiger partial charge in [0.05, 0.1) is 16.7 Å². The Labute approximate surface area is 145 Å². The van der Waals surface area contributed by atoms with E-state index in [0.29, 0.717) is 0 Å². The van der Waals surface area contributed by atoms with E-state index in [0.717, 1.165) is 24.3 Å². The number of hydrogen-bond donors (Lipinski definition) is 6. The second-order valence-electron chi connectivity index (χ2n) is 5.65. The minimum absolute atomic E-state index is 0.260. The SMILES string of the molecule is NC1(N)CC(C(=O)O)=C(c2cc(C(=O)O)ccc2C(=O)O)C=C1C(=O)O. The maximum absolute atomic E-state index is 11.6. The molecule has 0 unspecified atom stereocenters. The number of carbonyl (C=O) groups is 4. The molecule has 26 heavy (non-hydrogen) atoms. The van der Waals surface area contributed by atoms with Crippen LogP contribution in [0.25, 0.3) is 5.57 Å². The highest BCUT2D eigenvalue weighted by molar-refractivity contribution is 6.08. The molecule has 136 valence electrons. The molecule has 0 atom stereocenters. The molecule has 8 N–H and O–H groups in total. The van der Waals surface area contributed by atoms with Crippen molar-refractivity contribution in [2.75, 3.05) is 0 Å². The van der Waals surface area contributed by atoms with Gasteiger partial charge in [-0.15, -0.1) is 0 Å². The van der Waals surface area contributed by atoms with Crippen molar-refractivity contribution in [1.29, 1.82) is 0 Å². The van der Waals surface area contributed by atoms with E-state index in [-0.39, 0.29) is 16.7 Å². The van der Waals surface area contributed by atoms with Crippen LogP contribution in [0, 0.1) is 0 Å². The van der Waals surface area contributed by atoms with Crippen LogP contribution in [-0.2, 0) is 9.59 Å². The zero-order chi connectivity index (χ0) is 19.8. The van der Waals surface area contributed by atoms with Crippen LogP contribution in [0.15, 0.2) is 35.4 Å². The van der Waals surface area contributed by atoms with Gasteiger partial charge in [0.2, 0.25) is 0 Å². The largest absolute Gasteiger partial charge is 0.478 e. The van der Waals surface area contributed by atoms with Crippen molar-refractivity contribution in [1.82, 2.24) is 0 Å². The number of hydrogen-bond acceptors (Lipinski definition) is 6. The van der Waals surface area contributed by atoms with Crippen molar-refractivity contribution in [3.63, 3.8) is 0 Å². The molecule has 0 heterocycles. The molecule has 1 aliphatic rings. The number of allylic oxidation sites excluding steroid dienone is 2. The Bertz CT molecular complexity index is 911. The summed E-state index contributed by atoms with van der Waals surface area (Å²) in [5.41, 5.74) is 7.19. The van der Waals surface area contributed by atoms with Gasteiger partial charge >= 0.3 is 23.9 Å². The average Bonchev–Trinajstić information content (AvgIpc) is 2.52. The molecule has 1 aromatic carbocycles. The summed E-state index contributed by atoms with van der Waals surface area (Å²) < 4.78 is 0. The van der Waals surface area contributed by atoms with Gasteiger partial charge in [0.25, 0.3) is 0 Å². The highest BCUT2D eigenvalue weighted by Gasteiger charge is 2.38. The van der Waals surface area contributed by atoms with Gasteiger partial charge in [-0.25, -0.2) is 19.2 Å². The third-order valence-electron chi connectivity index (χ3n) is 3.86. The second kappa shape index (κ2) is 6.43. The molecule has 0 saturated heterocycles. The molecule has 0 amide bonds. The first kappa shape index (κ1) is 18.8. The summed E-state index contributed by atoms with van der Waals surface area (Å²) in [6, 6.07) is 2.99. The van der Waals surface area contributed by atoms with Crippen LogP contribution in [0.1, 0.15) is 32.7 Å². The third kappa shape index (κ3) is 3.31. The van der Waals surface area contributed by atoms with Gasteiger partial charge in [-0.3, -0.25) is 0 Å². The van der Waals surface area contributed by atoms with Crippen molar-refractivity contribution < 1.29 is 39.6 Å². The lowest BCUT2D eigenvalue weighted by Gasteiger charge is -2.31. The van der Waals surface area contributed by atoms with E-state index in [1.807, 2.05) is 0 Å². The molecular formula is C16H14N2O8. The first-order valence-corrected chi connectivity index (χ1v) is 7.06. The van der Waals surface area contributed by atoms with E-state index < -0.39 is 52.7 Å². The molecule has 0 bridgehead atoms. The Kier molecular flexibility index (Phi) is 4.65. The third-order valence-corrected chi connectivity index (χ3v) is 3.86. The normalized spacial score (nSPS) is 16.0. The van der Waals surface area contributed by atoms with Gasteiger partial charge < -0.3 is 31.9 Å². The smallest absolute Gasteiger partial charge is 0.336 e. The van der Waals surface area contributed by atoms with Crippen molar-refractivity contribution in [3.8, 4) is 0 Å². The van der Waals surface area contributed by atoms with Gasteiger partial charge in [-0.1, -0.05) is 0 Å².